The van der Waals surface area contributed by atoms with Crippen LogP contribution in [-0.2, 0) is 19.0 Å². The maximum Gasteiger partial charge on any atom is 0.207 e. The minimum atomic E-state index is -1.67. The van der Waals surface area contributed by atoms with E-state index in [-0.39, 0.29) is 25.0 Å². The summed E-state index contributed by atoms with van der Waals surface area (Å²) in [5, 5.41) is 84.1. The molecule has 2 saturated carbocycles. The number of ketones is 1. The van der Waals surface area contributed by atoms with Crippen molar-refractivity contribution in [2.24, 2.45) is 23.2 Å². The molecule has 0 radical (unpaired) electrons. The molecule has 0 bridgehead atoms. The van der Waals surface area contributed by atoms with E-state index in [0.717, 1.165) is 0 Å². The van der Waals surface area contributed by atoms with Gasteiger partial charge in [-0.3, -0.25) is 4.79 Å². The predicted molar refractivity (Wildman–Crippen MR) is 147 cm³/mol. The van der Waals surface area contributed by atoms with E-state index in [4.69, 9.17) is 14.2 Å². The molecule has 0 unspecified atom stereocenters. The van der Waals surface area contributed by atoms with Crippen molar-refractivity contribution >= 4 is 5.78 Å². The summed E-state index contributed by atoms with van der Waals surface area (Å²) >= 11 is 0. The summed E-state index contributed by atoms with van der Waals surface area (Å²) in [5.74, 6) is -2.23. The van der Waals surface area contributed by atoms with Crippen molar-refractivity contribution in [2.45, 2.75) is 114 Å². The molecule has 4 rings (SSSR count). The Kier molecular flexibility index (Phi) is 9.21. The first-order valence-electron chi connectivity index (χ1n) is 14.4. The van der Waals surface area contributed by atoms with Gasteiger partial charge in [0, 0.05) is 23.7 Å². The van der Waals surface area contributed by atoms with E-state index in [1.54, 1.807) is 39.8 Å². The van der Waals surface area contributed by atoms with Crippen molar-refractivity contribution < 1.29 is 59.9 Å². The van der Waals surface area contributed by atoms with Crippen molar-refractivity contribution in [2.75, 3.05) is 6.61 Å². The summed E-state index contributed by atoms with van der Waals surface area (Å²) in [6.07, 6.45) is -1.66. The maximum absolute atomic E-state index is 13.5. The molecule has 2 heterocycles. The van der Waals surface area contributed by atoms with Gasteiger partial charge >= 0.3 is 0 Å². The van der Waals surface area contributed by atoms with Gasteiger partial charge in [-0.05, 0) is 57.4 Å². The minimum absolute atomic E-state index is 0.0000453. The molecule has 12 heteroatoms. The number of rotatable bonds is 7. The number of hydrogen-bond donors (Lipinski definition) is 8. The van der Waals surface area contributed by atoms with Crippen LogP contribution in [0.15, 0.2) is 36.1 Å². The Balaban J connectivity index is 1.51. The standard InChI is InChI=1S/C30H46O12/c1-15(6-8-30(39)27(2,3)11-16(32)12-29(30,5)38)10-19(33)18-13-28(4,37)21-17(18)7-9-40-25(21)42-26-24(36)23(35)22(34)20(14-31)41-26/h6-10,16-18,20-26,31-32,34-39H,11-14H2,1-5H3/b8-6+,15-10+/t16-,17-,18+,20+,21+,22+,23-,24+,25-,26-,28-,29+,30+/m0/s1. The average molecular weight is 599 g/mol. The third-order valence-electron chi connectivity index (χ3n) is 9.71. The van der Waals surface area contributed by atoms with Crippen LogP contribution in [0.25, 0.3) is 0 Å². The van der Waals surface area contributed by atoms with Crippen LogP contribution in [0.5, 0.6) is 0 Å². The number of aliphatic hydroxyl groups is 8. The van der Waals surface area contributed by atoms with Crippen molar-refractivity contribution in [3.8, 4) is 0 Å². The largest absolute Gasteiger partial charge is 0.472 e. The van der Waals surface area contributed by atoms with Crippen LogP contribution in [0.1, 0.15) is 53.9 Å². The molecule has 12 nitrogen and oxygen atoms in total. The highest BCUT2D eigenvalue weighted by Gasteiger charge is 2.59. The van der Waals surface area contributed by atoms with E-state index in [9.17, 15) is 45.6 Å². The zero-order chi connectivity index (χ0) is 31.4. The van der Waals surface area contributed by atoms with Crippen LogP contribution in [0.4, 0.5) is 0 Å². The molecule has 4 aliphatic rings. The molecule has 0 aromatic carbocycles. The lowest BCUT2D eigenvalue weighted by molar-refractivity contribution is -0.346. The zero-order valence-corrected chi connectivity index (χ0v) is 24.7. The summed E-state index contributed by atoms with van der Waals surface area (Å²) < 4.78 is 16.9. The van der Waals surface area contributed by atoms with Gasteiger partial charge < -0.3 is 55.1 Å². The van der Waals surface area contributed by atoms with E-state index < -0.39 is 89.7 Å². The zero-order valence-electron chi connectivity index (χ0n) is 24.7. The molecule has 2 aliphatic carbocycles. The van der Waals surface area contributed by atoms with Crippen molar-refractivity contribution in [1.29, 1.82) is 0 Å². The number of allylic oxidation sites excluding steroid dienone is 4. The fourth-order valence-corrected chi connectivity index (χ4v) is 7.32. The molecule has 3 fully saturated rings. The van der Waals surface area contributed by atoms with Gasteiger partial charge in [0.25, 0.3) is 0 Å². The summed E-state index contributed by atoms with van der Waals surface area (Å²) in [6, 6.07) is 0. The minimum Gasteiger partial charge on any atom is -0.472 e. The average Bonchev–Trinajstić information content (AvgIpc) is 3.17. The van der Waals surface area contributed by atoms with Gasteiger partial charge in [-0.2, -0.15) is 0 Å². The third kappa shape index (κ3) is 5.86. The normalized spacial score (nSPS) is 49.1. The fraction of sp³-hybridized carbons (Fsp3) is 0.767. The first-order chi connectivity index (χ1) is 19.3. The van der Waals surface area contributed by atoms with E-state index >= 15 is 0 Å². The molecule has 0 aromatic heterocycles. The molecule has 8 N–H and O–H groups in total. The van der Waals surface area contributed by atoms with Gasteiger partial charge in [-0.15, -0.1) is 0 Å². The molecular formula is C30H46O12. The van der Waals surface area contributed by atoms with Crippen LogP contribution in [0.3, 0.4) is 0 Å². The Morgan fingerprint density at radius 2 is 1.64 bits per heavy atom. The lowest BCUT2D eigenvalue weighted by Gasteiger charge is -2.54. The van der Waals surface area contributed by atoms with E-state index in [0.29, 0.717) is 5.57 Å². The Hall–Kier alpha value is -1.71. The molecule has 0 aromatic rings. The van der Waals surface area contributed by atoms with Gasteiger partial charge in [-0.25, -0.2) is 0 Å². The highest BCUT2D eigenvalue weighted by atomic mass is 16.8. The van der Waals surface area contributed by atoms with E-state index in [1.807, 2.05) is 0 Å². The monoisotopic (exact) mass is 598 g/mol. The number of hydrogen-bond acceptors (Lipinski definition) is 12. The maximum atomic E-state index is 13.5. The lowest BCUT2D eigenvalue weighted by Crippen LogP contribution is -2.65. The van der Waals surface area contributed by atoms with E-state index in [2.05, 4.69) is 0 Å². The van der Waals surface area contributed by atoms with Crippen LogP contribution < -0.4 is 0 Å². The molecule has 0 spiro atoms. The quantitative estimate of drug-likeness (QED) is 0.137. The molecule has 1 saturated heterocycles. The Morgan fingerprint density at radius 3 is 2.26 bits per heavy atom. The molecule has 2 aliphatic heterocycles. The van der Waals surface area contributed by atoms with Crippen LogP contribution in [0, 0.1) is 23.2 Å². The first kappa shape index (κ1) is 33.2. The number of aliphatic hydroxyl groups excluding tert-OH is 5. The van der Waals surface area contributed by atoms with Crippen LogP contribution in [0.2, 0.25) is 0 Å². The Morgan fingerprint density at radius 1 is 0.976 bits per heavy atom. The van der Waals surface area contributed by atoms with Gasteiger partial charge in [0.05, 0.1) is 36.1 Å². The predicted octanol–water partition coefficient (Wildman–Crippen LogP) is -0.589. The summed E-state index contributed by atoms with van der Waals surface area (Å²) in [4.78, 5) is 13.5. The molecule has 13 atom stereocenters. The van der Waals surface area contributed by atoms with Gasteiger partial charge in [0.2, 0.25) is 6.29 Å². The number of carbonyl (C=O) groups is 1. The SMILES string of the molecule is CC(/C=C/[C@@]1(O)C(C)(C)C[C@H](O)C[C@@]1(C)O)=C\C(=O)[C@@H]1C[C@](C)(O)[C@H]2[C@H](O[C@@H]3O[C@H](CO)[C@@H](O)[C@H](O)[C@H]3O)OC=C[C@H]21. The van der Waals surface area contributed by atoms with Crippen molar-refractivity contribution in [3.63, 3.8) is 0 Å². The van der Waals surface area contributed by atoms with Crippen molar-refractivity contribution in [3.05, 3.63) is 36.1 Å². The van der Waals surface area contributed by atoms with Crippen LogP contribution >= 0.6 is 0 Å². The van der Waals surface area contributed by atoms with Crippen LogP contribution in [-0.4, -0.2) is 113 Å². The second-order valence-electron chi connectivity index (χ2n) is 13.5. The highest BCUT2D eigenvalue weighted by Crippen LogP contribution is 2.51. The first-order valence-corrected chi connectivity index (χ1v) is 14.4. The Bertz CT molecular complexity index is 1070. The Labute approximate surface area is 245 Å². The summed E-state index contributed by atoms with van der Waals surface area (Å²) in [7, 11) is 0. The fourth-order valence-electron chi connectivity index (χ4n) is 7.32. The van der Waals surface area contributed by atoms with Gasteiger partial charge in [-0.1, -0.05) is 19.9 Å². The second kappa shape index (κ2) is 11.7. The second-order valence-corrected chi connectivity index (χ2v) is 13.5. The van der Waals surface area contributed by atoms with E-state index in [1.165, 1.54) is 25.3 Å². The molecule has 42 heavy (non-hydrogen) atoms. The summed E-state index contributed by atoms with van der Waals surface area (Å²) in [5.41, 5.74) is -5.05. The number of ether oxygens (including phenoxy) is 3. The molecule has 0 amide bonds. The number of fused-ring (bicyclic) bond motifs is 1. The lowest BCUT2D eigenvalue weighted by atomic mass is 9.57. The number of carbonyl (C=O) groups excluding carboxylic acids is 1. The third-order valence-corrected chi connectivity index (χ3v) is 9.71. The smallest absolute Gasteiger partial charge is 0.207 e. The molecular weight excluding hydrogens is 552 g/mol. The summed E-state index contributed by atoms with van der Waals surface area (Å²) in [6.45, 7) is 7.61. The van der Waals surface area contributed by atoms with Gasteiger partial charge in [0.1, 0.15) is 30.0 Å². The van der Waals surface area contributed by atoms with Crippen molar-refractivity contribution in [1.82, 2.24) is 0 Å². The topological polar surface area (TPSA) is 207 Å². The van der Waals surface area contributed by atoms with Gasteiger partial charge in [0.15, 0.2) is 12.1 Å². The highest BCUT2D eigenvalue weighted by molar-refractivity contribution is 5.93. The molecule has 238 valence electrons.